The van der Waals surface area contributed by atoms with Gasteiger partial charge in [-0.05, 0) is 54.9 Å². The van der Waals surface area contributed by atoms with Crippen LogP contribution >= 0.6 is 23.6 Å². The number of thiophene rings is 1. The average molecular weight is 484 g/mol. The minimum Gasteiger partial charge on any atom is -0.353 e. The normalized spacial score (nSPS) is 16.2. The lowest BCUT2D eigenvalue weighted by molar-refractivity contribution is -0.127. The molecule has 1 amide bonds. The molecule has 4 rings (SSSR count). The molecule has 1 aliphatic rings. The van der Waals surface area contributed by atoms with Gasteiger partial charge in [0.1, 0.15) is 0 Å². The third-order valence-corrected chi connectivity index (χ3v) is 7.81. The van der Waals surface area contributed by atoms with Gasteiger partial charge in [-0.2, -0.15) is 0 Å². The lowest BCUT2D eigenvalue weighted by Gasteiger charge is -2.32. The molecule has 1 atom stereocenters. The van der Waals surface area contributed by atoms with Crippen LogP contribution in [0.2, 0.25) is 0 Å². The van der Waals surface area contributed by atoms with Crippen LogP contribution in [-0.2, 0) is 18.0 Å². The number of benzene rings is 1. The molecule has 1 aliphatic heterocycles. The van der Waals surface area contributed by atoms with Crippen molar-refractivity contribution in [2.45, 2.75) is 52.9 Å². The number of piperidine rings is 1. The van der Waals surface area contributed by atoms with E-state index in [4.69, 9.17) is 17.3 Å². The van der Waals surface area contributed by atoms with E-state index >= 15 is 0 Å². The molecule has 2 aromatic heterocycles. The summed E-state index contributed by atoms with van der Waals surface area (Å²) in [6.07, 6.45) is 1.74. The number of carbonyl (C=O) groups excluding carboxylic acids is 1. The van der Waals surface area contributed by atoms with Gasteiger partial charge in [-0.15, -0.1) is 16.4 Å². The molecule has 1 fully saturated rings. The minimum atomic E-state index is 0.0905. The van der Waals surface area contributed by atoms with Gasteiger partial charge in [0.15, 0.2) is 10.6 Å². The highest BCUT2D eigenvalue weighted by molar-refractivity contribution is 7.71. The SMILES string of the molecule is CC(C)C(C)NC(=O)C1CCN(Cn2nc(-c3cccs3)n(Cc3ccccc3)c2=S)CC1. The molecule has 0 radical (unpaired) electrons. The summed E-state index contributed by atoms with van der Waals surface area (Å²) < 4.78 is 4.80. The molecule has 176 valence electrons. The van der Waals surface area contributed by atoms with Gasteiger partial charge in [-0.3, -0.25) is 14.3 Å². The van der Waals surface area contributed by atoms with Gasteiger partial charge in [0.05, 0.1) is 18.1 Å². The van der Waals surface area contributed by atoms with E-state index in [9.17, 15) is 4.79 Å². The molecule has 33 heavy (non-hydrogen) atoms. The summed E-state index contributed by atoms with van der Waals surface area (Å²) in [7, 11) is 0. The van der Waals surface area contributed by atoms with Gasteiger partial charge in [0.25, 0.3) is 0 Å². The summed E-state index contributed by atoms with van der Waals surface area (Å²) in [4.78, 5) is 16.1. The summed E-state index contributed by atoms with van der Waals surface area (Å²) in [6.45, 7) is 9.44. The molecule has 0 aliphatic carbocycles. The van der Waals surface area contributed by atoms with Crippen LogP contribution in [-0.4, -0.2) is 44.3 Å². The van der Waals surface area contributed by atoms with Crippen LogP contribution in [0.1, 0.15) is 39.2 Å². The van der Waals surface area contributed by atoms with Crippen LogP contribution < -0.4 is 5.32 Å². The standard InChI is InChI=1S/C25H33N5OS2/c1-18(2)19(3)26-24(31)21-11-13-28(14-12-21)17-30-25(32)29(16-20-8-5-4-6-9-20)23(27-30)22-10-7-15-33-22/h4-10,15,18-19,21H,11-14,16-17H2,1-3H3,(H,26,31). The van der Waals surface area contributed by atoms with Crippen LogP contribution in [0.5, 0.6) is 0 Å². The Morgan fingerprint density at radius 2 is 1.88 bits per heavy atom. The second kappa shape index (κ2) is 10.8. The molecule has 1 aromatic carbocycles. The van der Waals surface area contributed by atoms with E-state index in [1.165, 1.54) is 5.56 Å². The number of nitrogens with zero attached hydrogens (tertiary/aromatic N) is 4. The zero-order valence-corrected chi connectivity index (χ0v) is 21.2. The summed E-state index contributed by atoms with van der Waals surface area (Å²) >= 11 is 7.55. The molecule has 1 saturated heterocycles. The minimum absolute atomic E-state index is 0.0905. The van der Waals surface area contributed by atoms with Gasteiger partial charge in [-0.25, -0.2) is 4.68 Å². The summed E-state index contributed by atoms with van der Waals surface area (Å²) in [5.41, 5.74) is 1.20. The molecular formula is C25H33N5OS2. The largest absolute Gasteiger partial charge is 0.353 e. The Kier molecular flexibility index (Phi) is 7.78. The van der Waals surface area contributed by atoms with Crippen LogP contribution in [0.25, 0.3) is 10.7 Å². The van der Waals surface area contributed by atoms with E-state index < -0.39 is 0 Å². The van der Waals surface area contributed by atoms with Crippen molar-refractivity contribution in [1.29, 1.82) is 0 Å². The Hall–Kier alpha value is -2.29. The maximum atomic E-state index is 12.6. The van der Waals surface area contributed by atoms with E-state index in [0.717, 1.165) is 41.4 Å². The van der Waals surface area contributed by atoms with E-state index in [1.54, 1.807) is 11.3 Å². The molecule has 6 nitrogen and oxygen atoms in total. The molecule has 0 bridgehead atoms. The summed E-state index contributed by atoms with van der Waals surface area (Å²) in [6, 6.07) is 14.7. The lowest BCUT2D eigenvalue weighted by atomic mass is 9.95. The van der Waals surface area contributed by atoms with Crippen molar-refractivity contribution in [2.24, 2.45) is 11.8 Å². The fourth-order valence-electron chi connectivity index (χ4n) is 4.06. The Morgan fingerprint density at radius 1 is 1.15 bits per heavy atom. The summed E-state index contributed by atoms with van der Waals surface area (Å²) in [5, 5.41) is 10.2. The van der Waals surface area contributed by atoms with E-state index in [2.05, 4.69) is 71.3 Å². The predicted molar refractivity (Wildman–Crippen MR) is 137 cm³/mol. The Labute approximate surface area is 205 Å². The van der Waals surface area contributed by atoms with E-state index in [0.29, 0.717) is 19.1 Å². The van der Waals surface area contributed by atoms with Crippen LogP contribution in [0.15, 0.2) is 47.8 Å². The molecule has 0 saturated carbocycles. The highest BCUT2D eigenvalue weighted by Crippen LogP contribution is 2.25. The monoisotopic (exact) mass is 483 g/mol. The average Bonchev–Trinajstić information content (AvgIpc) is 3.44. The van der Waals surface area contributed by atoms with Crippen molar-refractivity contribution in [2.75, 3.05) is 13.1 Å². The molecular weight excluding hydrogens is 450 g/mol. The van der Waals surface area contributed by atoms with Crippen molar-refractivity contribution >= 4 is 29.5 Å². The third kappa shape index (κ3) is 5.80. The zero-order chi connectivity index (χ0) is 23.4. The first-order valence-electron chi connectivity index (χ1n) is 11.7. The number of nitrogens with one attached hydrogen (secondary N) is 1. The van der Waals surface area contributed by atoms with Gasteiger partial charge >= 0.3 is 0 Å². The van der Waals surface area contributed by atoms with Crippen molar-refractivity contribution in [3.05, 3.63) is 58.2 Å². The number of rotatable bonds is 8. The maximum absolute atomic E-state index is 12.6. The van der Waals surface area contributed by atoms with Crippen LogP contribution in [0, 0.1) is 16.6 Å². The van der Waals surface area contributed by atoms with Gasteiger partial charge in [-0.1, -0.05) is 50.2 Å². The second-order valence-corrected chi connectivity index (χ2v) is 10.5. The number of aromatic nitrogens is 3. The van der Waals surface area contributed by atoms with Gasteiger partial charge in [0, 0.05) is 25.0 Å². The molecule has 3 aromatic rings. The summed E-state index contributed by atoms with van der Waals surface area (Å²) in [5.74, 6) is 1.64. The second-order valence-electron chi connectivity index (χ2n) is 9.23. The maximum Gasteiger partial charge on any atom is 0.223 e. The molecule has 1 N–H and O–H groups in total. The topological polar surface area (TPSA) is 55.1 Å². The fraction of sp³-hybridized carbons (Fsp3) is 0.480. The zero-order valence-electron chi connectivity index (χ0n) is 19.6. The van der Waals surface area contributed by atoms with E-state index in [1.807, 2.05) is 16.8 Å². The molecule has 1 unspecified atom stereocenters. The molecule has 3 heterocycles. The first kappa shape index (κ1) is 23.9. The fourth-order valence-corrected chi connectivity index (χ4v) is 5.03. The predicted octanol–water partition coefficient (Wildman–Crippen LogP) is 5.02. The highest BCUT2D eigenvalue weighted by Gasteiger charge is 2.27. The first-order chi connectivity index (χ1) is 15.9. The quantitative estimate of drug-likeness (QED) is 0.457. The highest BCUT2D eigenvalue weighted by atomic mass is 32.1. The number of likely N-dealkylation sites (tertiary alicyclic amines) is 1. The Morgan fingerprint density at radius 3 is 2.52 bits per heavy atom. The third-order valence-electron chi connectivity index (χ3n) is 6.51. The Bertz CT molecular complexity index is 1100. The van der Waals surface area contributed by atoms with Crippen molar-refractivity contribution < 1.29 is 4.79 Å². The van der Waals surface area contributed by atoms with Crippen LogP contribution in [0.4, 0.5) is 0 Å². The number of carbonyl (C=O) groups is 1. The molecule has 0 spiro atoms. The number of amides is 1. The Balaban J connectivity index is 1.45. The smallest absolute Gasteiger partial charge is 0.223 e. The van der Waals surface area contributed by atoms with Gasteiger partial charge < -0.3 is 5.32 Å². The van der Waals surface area contributed by atoms with Crippen molar-refractivity contribution in [1.82, 2.24) is 24.6 Å². The van der Waals surface area contributed by atoms with Crippen molar-refractivity contribution in [3.63, 3.8) is 0 Å². The van der Waals surface area contributed by atoms with E-state index in [-0.39, 0.29) is 17.9 Å². The molecule has 8 heteroatoms. The first-order valence-corrected chi connectivity index (χ1v) is 13.0. The van der Waals surface area contributed by atoms with Crippen molar-refractivity contribution in [3.8, 4) is 10.7 Å². The number of hydrogen-bond acceptors (Lipinski definition) is 5. The lowest BCUT2D eigenvalue weighted by Crippen LogP contribution is -2.44. The van der Waals surface area contributed by atoms with Gasteiger partial charge in [0.2, 0.25) is 5.91 Å². The number of hydrogen-bond donors (Lipinski definition) is 1. The van der Waals surface area contributed by atoms with Crippen LogP contribution in [0.3, 0.4) is 0 Å².